The Morgan fingerprint density at radius 2 is 2.00 bits per heavy atom. The Balaban J connectivity index is 2.42. The third-order valence-electron chi connectivity index (χ3n) is 1.79. The summed E-state index contributed by atoms with van der Waals surface area (Å²) in [7, 11) is 0. The molecule has 0 atom stereocenters. The predicted molar refractivity (Wildman–Crippen MR) is 65.4 cm³/mol. The molecule has 0 aromatic heterocycles. The van der Waals surface area contributed by atoms with Gasteiger partial charge in [-0.15, -0.1) is 0 Å². The second-order valence-corrected chi connectivity index (χ2v) is 3.98. The van der Waals surface area contributed by atoms with Gasteiger partial charge in [-0.1, -0.05) is 22.5 Å². The van der Waals surface area contributed by atoms with Gasteiger partial charge in [-0.05, 0) is 31.2 Å². The fraction of sp³-hybridized carbons (Fsp3) is 0.250. The Hall–Kier alpha value is -1.29. The highest BCUT2D eigenvalue weighted by Gasteiger charge is 2.08. The zero-order chi connectivity index (χ0) is 12.0. The molecule has 0 saturated heterocycles. The van der Waals surface area contributed by atoms with Crippen LogP contribution in [0.25, 0.3) is 0 Å². The summed E-state index contributed by atoms with van der Waals surface area (Å²) in [6.07, 6.45) is 0. The van der Waals surface area contributed by atoms with Crippen LogP contribution in [0.4, 0.5) is 0 Å². The summed E-state index contributed by atoms with van der Waals surface area (Å²) in [5.74, 6) is 0.272. The van der Waals surface area contributed by atoms with Crippen molar-refractivity contribution in [2.45, 2.75) is 6.92 Å². The molecule has 0 bridgehead atoms. The van der Waals surface area contributed by atoms with Crippen molar-refractivity contribution in [1.29, 1.82) is 0 Å². The second kappa shape index (κ2) is 6.33. The largest absolute Gasteiger partial charge is 0.489 e. The molecule has 0 heterocycles. The average Bonchev–Trinajstić information content (AvgIpc) is 2.28. The van der Waals surface area contributed by atoms with E-state index in [2.05, 4.69) is 22.5 Å². The van der Waals surface area contributed by atoms with Crippen LogP contribution in [-0.2, 0) is 9.53 Å². The number of ether oxygens (including phenoxy) is 2. The summed E-state index contributed by atoms with van der Waals surface area (Å²) in [6, 6.07) is 7.34. The Bertz CT molecular complexity index is 370. The first-order valence-electron chi connectivity index (χ1n) is 4.86. The first-order chi connectivity index (χ1) is 7.63. The highest BCUT2D eigenvalue weighted by atomic mass is 79.9. The molecule has 3 nitrogen and oxygen atoms in total. The topological polar surface area (TPSA) is 35.5 Å². The van der Waals surface area contributed by atoms with Crippen LogP contribution in [0, 0.1) is 0 Å². The van der Waals surface area contributed by atoms with Crippen molar-refractivity contribution in [3.63, 3.8) is 0 Å². The fourth-order valence-electron chi connectivity index (χ4n) is 0.993. The molecule has 1 aromatic rings. The van der Waals surface area contributed by atoms with Gasteiger partial charge in [-0.2, -0.15) is 0 Å². The lowest BCUT2D eigenvalue weighted by Crippen LogP contribution is -2.13. The van der Waals surface area contributed by atoms with E-state index in [1.54, 1.807) is 6.92 Å². The maximum Gasteiger partial charge on any atom is 0.336 e. The first-order valence-corrected chi connectivity index (χ1v) is 5.66. The number of halogens is 1. The number of rotatable bonds is 5. The molecule has 0 fully saturated rings. The van der Waals surface area contributed by atoms with E-state index in [4.69, 9.17) is 9.47 Å². The molecule has 0 aliphatic heterocycles. The Morgan fingerprint density at radius 1 is 1.38 bits per heavy atom. The molecule has 0 amide bonds. The second-order valence-electron chi connectivity index (χ2n) is 3.07. The van der Waals surface area contributed by atoms with Gasteiger partial charge in [0.25, 0.3) is 0 Å². The first kappa shape index (κ1) is 12.8. The molecular weight excluding hydrogens is 272 g/mol. The van der Waals surface area contributed by atoms with E-state index in [1.807, 2.05) is 24.3 Å². The smallest absolute Gasteiger partial charge is 0.336 e. The van der Waals surface area contributed by atoms with Crippen molar-refractivity contribution >= 4 is 21.9 Å². The number of carbonyl (C=O) groups excluding carboxylic acids is 1. The third-order valence-corrected chi connectivity index (χ3v) is 2.32. The molecule has 0 aliphatic carbocycles. The molecule has 0 unspecified atom stereocenters. The van der Waals surface area contributed by atoms with Gasteiger partial charge >= 0.3 is 5.97 Å². The van der Waals surface area contributed by atoms with Crippen molar-refractivity contribution in [2.24, 2.45) is 0 Å². The SMILES string of the molecule is C=C(COc1ccc(Br)cc1)C(=O)OCC. The third kappa shape index (κ3) is 4.06. The summed E-state index contributed by atoms with van der Waals surface area (Å²) >= 11 is 3.32. The minimum absolute atomic E-state index is 0.139. The van der Waals surface area contributed by atoms with Gasteiger partial charge in [-0.25, -0.2) is 4.79 Å². The highest BCUT2D eigenvalue weighted by Crippen LogP contribution is 2.16. The molecule has 1 rings (SSSR count). The van der Waals surface area contributed by atoms with Crippen LogP contribution in [0.2, 0.25) is 0 Å². The van der Waals surface area contributed by atoms with E-state index in [1.165, 1.54) is 0 Å². The standard InChI is InChI=1S/C12H13BrO3/c1-3-15-12(14)9(2)8-16-11-6-4-10(13)5-7-11/h4-7H,2-3,8H2,1H3. The maximum absolute atomic E-state index is 11.2. The number of esters is 1. The summed E-state index contributed by atoms with van der Waals surface area (Å²) in [6.45, 7) is 5.83. The van der Waals surface area contributed by atoms with Crippen molar-refractivity contribution in [3.05, 3.63) is 40.9 Å². The minimum Gasteiger partial charge on any atom is -0.489 e. The zero-order valence-corrected chi connectivity index (χ0v) is 10.6. The zero-order valence-electron chi connectivity index (χ0n) is 9.03. The van der Waals surface area contributed by atoms with Crippen LogP contribution in [0.15, 0.2) is 40.9 Å². The molecule has 0 saturated carbocycles. The lowest BCUT2D eigenvalue weighted by atomic mass is 10.3. The van der Waals surface area contributed by atoms with Crippen molar-refractivity contribution in [2.75, 3.05) is 13.2 Å². The van der Waals surface area contributed by atoms with Crippen molar-refractivity contribution in [3.8, 4) is 5.75 Å². The average molecular weight is 285 g/mol. The molecule has 16 heavy (non-hydrogen) atoms. The van der Waals surface area contributed by atoms with Gasteiger partial charge in [0.05, 0.1) is 12.2 Å². The molecule has 0 aliphatic rings. The summed E-state index contributed by atoms with van der Waals surface area (Å²) in [5.41, 5.74) is 0.310. The number of benzene rings is 1. The van der Waals surface area contributed by atoms with E-state index in [0.29, 0.717) is 17.9 Å². The maximum atomic E-state index is 11.2. The number of hydrogen-bond acceptors (Lipinski definition) is 3. The van der Waals surface area contributed by atoms with Crippen molar-refractivity contribution in [1.82, 2.24) is 0 Å². The van der Waals surface area contributed by atoms with E-state index < -0.39 is 5.97 Å². The van der Waals surface area contributed by atoms with Crippen LogP contribution in [-0.4, -0.2) is 19.2 Å². The predicted octanol–water partition coefficient (Wildman–Crippen LogP) is 2.95. The van der Waals surface area contributed by atoms with Gasteiger partial charge < -0.3 is 9.47 Å². The number of hydrogen-bond donors (Lipinski definition) is 0. The van der Waals surface area contributed by atoms with Crippen LogP contribution in [0.5, 0.6) is 5.75 Å². The van der Waals surface area contributed by atoms with Gasteiger partial charge in [0.15, 0.2) is 0 Å². The summed E-state index contributed by atoms with van der Waals surface area (Å²) < 4.78 is 11.1. The van der Waals surface area contributed by atoms with Crippen LogP contribution >= 0.6 is 15.9 Å². The molecule has 0 N–H and O–H groups in total. The molecular formula is C12H13BrO3. The molecule has 4 heteroatoms. The van der Waals surface area contributed by atoms with E-state index in [-0.39, 0.29) is 6.61 Å². The van der Waals surface area contributed by atoms with Gasteiger partial charge in [0, 0.05) is 4.47 Å². The molecule has 0 radical (unpaired) electrons. The Kier molecular flexibility index (Phi) is 5.05. The van der Waals surface area contributed by atoms with E-state index in [9.17, 15) is 4.79 Å². The fourth-order valence-corrected chi connectivity index (χ4v) is 1.26. The van der Waals surface area contributed by atoms with Gasteiger partial charge in [0.1, 0.15) is 12.4 Å². The van der Waals surface area contributed by atoms with E-state index in [0.717, 1.165) is 4.47 Å². The quantitative estimate of drug-likeness (QED) is 0.616. The molecule has 1 aromatic carbocycles. The Morgan fingerprint density at radius 3 is 2.56 bits per heavy atom. The monoisotopic (exact) mass is 284 g/mol. The summed E-state index contributed by atoms with van der Waals surface area (Å²) in [5, 5.41) is 0. The lowest BCUT2D eigenvalue weighted by molar-refractivity contribution is -0.138. The number of carbonyl (C=O) groups is 1. The Labute approximate surface area is 103 Å². The molecule has 0 spiro atoms. The van der Waals surface area contributed by atoms with Gasteiger partial charge in [0.2, 0.25) is 0 Å². The van der Waals surface area contributed by atoms with Gasteiger partial charge in [-0.3, -0.25) is 0 Å². The van der Waals surface area contributed by atoms with Crippen molar-refractivity contribution < 1.29 is 14.3 Å². The van der Waals surface area contributed by atoms with Crippen LogP contribution in [0.1, 0.15) is 6.92 Å². The summed E-state index contributed by atoms with van der Waals surface area (Å²) in [4.78, 5) is 11.2. The van der Waals surface area contributed by atoms with Crippen LogP contribution < -0.4 is 4.74 Å². The molecule has 86 valence electrons. The minimum atomic E-state index is -0.417. The normalized spacial score (nSPS) is 9.62. The lowest BCUT2D eigenvalue weighted by Gasteiger charge is -2.07. The van der Waals surface area contributed by atoms with Crippen LogP contribution in [0.3, 0.4) is 0 Å². The van der Waals surface area contributed by atoms with E-state index >= 15 is 0 Å². The highest BCUT2D eigenvalue weighted by molar-refractivity contribution is 9.10.